The van der Waals surface area contributed by atoms with E-state index in [0.29, 0.717) is 5.75 Å². The highest BCUT2D eigenvalue weighted by Gasteiger charge is 2.05. The van der Waals surface area contributed by atoms with Gasteiger partial charge in [0.2, 0.25) is 0 Å². The summed E-state index contributed by atoms with van der Waals surface area (Å²) in [5.74, 6) is 0.360. The first-order valence-corrected chi connectivity index (χ1v) is 5.10. The fourth-order valence-electron chi connectivity index (χ4n) is 1.07. The van der Waals surface area contributed by atoms with Crippen LogP contribution >= 0.6 is 15.9 Å². The first-order valence-electron chi connectivity index (χ1n) is 3.98. The molecule has 0 aliphatic heterocycles. The molecule has 0 saturated heterocycles. The second-order valence-electron chi connectivity index (χ2n) is 2.77. The summed E-state index contributed by atoms with van der Waals surface area (Å²) in [4.78, 5) is 10.7. The Morgan fingerprint density at radius 1 is 1.54 bits per heavy atom. The lowest BCUT2D eigenvalue weighted by Gasteiger charge is -2.07. The highest BCUT2D eigenvalue weighted by atomic mass is 79.9. The molecule has 0 N–H and O–H groups in total. The third-order valence-electron chi connectivity index (χ3n) is 1.79. The van der Waals surface area contributed by atoms with Crippen LogP contribution in [-0.4, -0.2) is 5.97 Å². The molecule has 1 aromatic rings. The summed E-state index contributed by atoms with van der Waals surface area (Å²) in [6.45, 7) is 3.34. The Bertz CT molecular complexity index is 321. The largest absolute Gasteiger partial charge is 0.426 e. The molecule has 1 aromatic carbocycles. The van der Waals surface area contributed by atoms with Crippen molar-refractivity contribution < 1.29 is 9.53 Å². The molecular weight excluding hydrogens is 232 g/mol. The number of hydrogen-bond donors (Lipinski definition) is 0. The maximum Gasteiger partial charge on any atom is 0.308 e. The molecule has 0 amide bonds. The zero-order chi connectivity index (χ0) is 9.84. The van der Waals surface area contributed by atoms with Crippen molar-refractivity contribution in [1.82, 2.24) is 0 Å². The molecule has 2 nitrogen and oxygen atoms in total. The van der Waals surface area contributed by atoms with E-state index in [4.69, 9.17) is 4.74 Å². The van der Waals surface area contributed by atoms with E-state index in [2.05, 4.69) is 15.9 Å². The average molecular weight is 243 g/mol. The van der Waals surface area contributed by atoms with Gasteiger partial charge in [0, 0.05) is 12.3 Å². The van der Waals surface area contributed by atoms with Crippen molar-refractivity contribution in [2.45, 2.75) is 19.2 Å². The third-order valence-corrected chi connectivity index (χ3v) is 2.40. The molecule has 0 aliphatic carbocycles. The smallest absolute Gasteiger partial charge is 0.308 e. The van der Waals surface area contributed by atoms with Gasteiger partial charge in [-0.3, -0.25) is 4.79 Å². The van der Waals surface area contributed by atoms with E-state index < -0.39 is 0 Å². The fourth-order valence-corrected chi connectivity index (χ4v) is 1.68. The summed E-state index contributed by atoms with van der Waals surface area (Å²) in [6, 6.07) is 5.67. The van der Waals surface area contributed by atoms with Crippen LogP contribution in [0, 0.1) is 6.92 Å². The predicted octanol–water partition coefficient (Wildman–Crippen LogP) is 2.82. The monoisotopic (exact) mass is 242 g/mol. The molecule has 13 heavy (non-hydrogen) atoms. The number of benzene rings is 1. The van der Waals surface area contributed by atoms with Crippen LogP contribution < -0.4 is 4.74 Å². The Balaban J connectivity index is 3.01. The van der Waals surface area contributed by atoms with Gasteiger partial charge in [0.25, 0.3) is 0 Å². The van der Waals surface area contributed by atoms with Crippen molar-refractivity contribution >= 4 is 21.9 Å². The second-order valence-corrected chi connectivity index (χ2v) is 3.33. The van der Waals surface area contributed by atoms with Gasteiger partial charge in [0.05, 0.1) is 0 Å². The molecule has 0 fully saturated rings. The molecule has 1 rings (SSSR count). The summed E-state index contributed by atoms with van der Waals surface area (Å²) in [7, 11) is 0. The average Bonchev–Trinajstić information content (AvgIpc) is 2.08. The third kappa shape index (κ3) is 2.56. The highest BCUT2D eigenvalue weighted by molar-refractivity contribution is 9.08. The molecule has 3 heteroatoms. The van der Waals surface area contributed by atoms with Crippen LogP contribution in [0.4, 0.5) is 0 Å². The molecule has 0 radical (unpaired) electrons. The Hall–Kier alpha value is -0.830. The molecule has 0 atom stereocenters. The van der Waals surface area contributed by atoms with E-state index in [-0.39, 0.29) is 5.97 Å². The van der Waals surface area contributed by atoms with Crippen molar-refractivity contribution in [2.75, 3.05) is 0 Å². The van der Waals surface area contributed by atoms with Crippen LogP contribution in [0.15, 0.2) is 18.2 Å². The Morgan fingerprint density at radius 3 is 2.77 bits per heavy atom. The maximum absolute atomic E-state index is 10.7. The number of alkyl halides is 1. The molecule has 0 saturated carbocycles. The molecule has 0 spiro atoms. The van der Waals surface area contributed by atoms with Crippen molar-refractivity contribution in [3.63, 3.8) is 0 Å². The van der Waals surface area contributed by atoms with Gasteiger partial charge in [-0.2, -0.15) is 0 Å². The van der Waals surface area contributed by atoms with Crippen LogP contribution in [0.25, 0.3) is 0 Å². The lowest BCUT2D eigenvalue weighted by atomic mass is 10.1. The number of carbonyl (C=O) groups excluding carboxylic acids is 1. The number of halogens is 1. The van der Waals surface area contributed by atoms with Crippen LogP contribution in [0.5, 0.6) is 5.75 Å². The summed E-state index contributed by atoms with van der Waals surface area (Å²) in [6.07, 6.45) is 0. The van der Waals surface area contributed by atoms with Gasteiger partial charge in [-0.25, -0.2) is 0 Å². The standard InChI is InChI=1S/C10H11BrO2/c1-7-9(6-11)4-3-5-10(7)13-8(2)12/h3-5H,6H2,1-2H3. The van der Waals surface area contributed by atoms with Crippen molar-refractivity contribution in [2.24, 2.45) is 0 Å². The summed E-state index contributed by atoms with van der Waals surface area (Å²) in [5, 5.41) is 0.772. The maximum atomic E-state index is 10.7. The fraction of sp³-hybridized carbons (Fsp3) is 0.300. The number of hydrogen-bond acceptors (Lipinski definition) is 2. The molecule has 0 heterocycles. The van der Waals surface area contributed by atoms with Gasteiger partial charge in [-0.15, -0.1) is 0 Å². The highest BCUT2D eigenvalue weighted by Crippen LogP contribution is 2.22. The van der Waals surface area contributed by atoms with E-state index in [1.165, 1.54) is 6.92 Å². The number of rotatable bonds is 2. The predicted molar refractivity (Wildman–Crippen MR) is 55.1 cm³/mol. The molecule has 0 bridgehead atoms. The number of carbonyl (C=O) groups is 1. The lowest BCUT2D eigenvalue weighted by molar-refractivity contribution is -0.131. The van der Waals surface area contributed by atoms with E-state index >= 15 is 0 Å². The van der Waals surface area contributed by atoms with Gasteiger partial charge in [-0.1, -0.05) is 28.1 Å². The van der Waals surface area contributed by atoms with Crippen LogP contribution in [0.2, 0.25) is 0 Å². The van der Waals surface area contributed by atoms with Gasteiger partial charge in [0.1, 0.15) is 5.75 Å². The minimum absolute atomic E-state index is 0.283. The SMILES string of the molecule is CC(=O)Oc1cccc(CBr)c1C. The quantitative estimate of drug-likeness (QED) is 0.453. The zero-order valence-electron chi connectivity index (χ0n) is 7.63. The molecule has 0 unspecified atom stereocenters. The van der Waals surface area contributed by atoms with Crippen molar-refractivity contribution in [1.29, 1.82) is 0 Å². The van der Waals surface area contributed by atoms with Crippen LogP contribution in [-0.2, 0) is 10.1 Å². The lowest BCUT2D eigenvalue weighted by Crippen LogP contribution is -2.03. The van der Waals surface area contributed by atoms with Crippen LogP contribution in [0.1, 0.15) is 18.1 Å². The molecule has 70 valence electrons. The van der Waals surface area contributed by atoms with Gasteiger partial charge in [-0.05, 0) is 24.1 Å². The van der Waals surface area contributed by atoms with E-state index in [0.717, 1.165) is 16.5 Å². The minimum atomic E-state index is -0.283. The van der Waals surface area contributed by atoms with E-state index in [1.54, 1.807) is 6.07 Å². The van der Waals surface area contributed by atoms with E-state index in [1.807, 2.05) is 19.1 Å². The topological polar surface area (TPSA) is 26.3 Å². The molecule has 0 aromatic heterocycles. The van der Waals surface area contributed by atoms with Gasteiger partial charge < -0.3 is 4.74 Å². The second kappa shape index (κ2) is 4.42. The summed E-state index contributed by atoms with van der Waals surface area (Å²) >= 11 is 3.37. The normalized spacial score (nSPS) is 9.77. The molecular formula is C10H11BrO2. The van der Waals surface area contributed by atoms with Gasteiger partial charge in [0.15, 0.2) is 0 Å². The van der Waals surface area contributed by atoms with E-state index in [9.17, 15) is 4.79 Å². The Kier molecular flexibility index (Phi) is 3.48. The Morgan fingerprint density at radius 2 is 2.23 bits per heavy atom. The summed E-state index contributed by atoms with van der Waals surface area (Å²) in [5.41, 5.74) is 2.15. The Labute approximate surface area is 86.0 Å². The van der Waals surface area contributed by atoms with Crippen LogP contribution in [0.3, 0.4) is 0 Å². The number of ether oxygens (including phenoxy) is 1. The first kappa shape index (κ1) is 10.3. The van der Waals surface area contributed by atoms with Crippen molar-refractivity contribution in [3.05, 3.63) is 29.3 Å². The summed E-state index contributed by atoms with van der Waals surface area (Å²) < 4.78 is 5.03. The minimum Gasteiger partial charge on any atom is -0.426 e. The molecule has 0 aliphatic rings. The first-order chi connectivity index (χ1) is 6.15. The number of esters is 1. The van der Waals surface area contributed by atoms with Gasteiger partial charge >= 0.3 is 5.97 Å². The zero-order valence-corrected chi connectivity index (χ0v) is 9.22. The van der Waals surface area contributed by atoms with Crippen molar-refractivity contribution in [3.8, 4) is 5.75 Å².